The summed E-state index contributed by atoms with van der Waals surface area (Å²) in [6.45, 7) is 0. The minimum atomic E-state index is 0.941. The maximum Gasteiger partial charge on any atom is 0.136 e. The van der Waals surface area contributed by atoms with Gasteiger partial charge in [0.2, 0.25) is 0 Å². The Morgan fingerprint density at radius 3 is 1.49 bits per heavy atom. The lowest BCUT2D eigenvalue weighted by Crippen LogP contribution is -1.91. The first-order chi connectivity index (χ1) is 23.3. The van der Waals surface area contributed by atoms with Gasteiger partial charge in [-0.15, -0.1) is 0 Å². The van der Waals surface area contributed by atoms with E-state index in [1.54, 1.807) is 0 Å². The van der Waals surface area contributed by atoms with Gasteiger partial charge in [-0.05, 0) is 101 Å². The predicted octanol–water partition coefficient (Wildman–Crippen LogP) is 13.2. The highest BCUT2D eigenvalue weighted by molar-refractivity contribution is 6.25. The van der Waals surface area contributed by atoms with Crippen molar-refractivity contribution in [2.45, 2.75) is 0 Å². The van der Waals surface area contributed by atoms with Gasteiger partial charge in [-0.2, -0.15) is 0 Å². The molecule has 0 saturated carbocycles. The van der Waals surface area contributed by atoms with Crippen LogP contribution in [0.5, 0.6) is 0 Å². The highest BCUT2D eigenvalue weighted by atomic mass is 16.3. The van der Waals surface area contributed by atoms with E-state index in [1.807, 2.05) is 0 Å². The second-order valence-corrected chi connectivity index (χ2v) is 12.4. The van der Waals surface area contributed by atoms with Crippen molar-refractivity contribution in [3.8, 4) is 44.5 Å². The summed E-state index contributed by atoms with van der Waals surface area (Å²) in [5.41, 5.74) is 11.7. The fourth-order valence-electron chi connectivity index (χ4n) is 7.76. The lowest BCUT2D eigenvalue weighted by Gasteiger charge is -2.18. The molecule has 0 N–H and O–H groups in total. The van der Waals surface area contributed by atoms with E-state index in [0.29, 0.717) is 0 Å². The van der Waals surface area contributed by atoms with Crippen LogP contribution in [0.1, 0.15) is 0 Å². The Morgan fingerprint density at radius 1 is 0.298 bits per heavy atom. The number of benzene rings is 9. The maximum atomic E-state index is 6.27. The maximum absolute atomic E-state index is 6.27. The lowest BCUT2D eigenvalue weighted by atomic mass is 9.85. The van der Waals surface area contributed by atoms with E-state index in [9.17, 15) is 0 Å². The van der Waals surface area contributed by atoms with Gasteiger partial charge in [0.25, 0.3) is 0 Å². The van der Waals surface area contributed by atoms with Crippen LogP contribution in [-0.4, -0.2) is 0 Å². The second kappa shape index (κ2) is 10.2. The van der Waals surface area contributed by atoms with Crippen molar-refractivity contribution < 1.29 is 4.42 Å². The molecule has 0 amide bonds. The van der Waals surface area contributed by atoms with E-state index in [2.05, 4.69) is 170 Å². The molecule has 1 nitrogen and oxygen atoms in total. The number of furan rings is 1. The van der Waals surface area contributed by atoms with Gasteiger partial charge in [0, 0.05) is 10.8 Å². The SMILES string of the molecule is c1ccc(-c2ccc(-c3c4ccccc4c(-c4cccc(-c5cc6cccc7oc8cccc5c8c67)c4)c4ccccc34)cc2)cc1. The van der Waals surface area contributed by atoms with Crippen LogP contribution in [0.15, 0.2) is 174 Å². The quantitative estimate of drug-likeness (QED) is 0.145. The minimum Gasteiger partial charge on any atom is -0.456 e. The van der Waals surface area contributed by atoms with Gasteiger partial charge in [-0.3, -0.25) is 0 Å². The van der Waals surface area contributed by atoms with Crippen molar-refractivity contribution in [1.29, 1.82) is 0 Å². The Bertz CT molecular complexity index is 2710. The van der Waals surface area contributed by atoms with E-state index in [0.717, 1.165) is 11.2 Å². The van der Waals surface area contributed by atoms with Gasteiger partial charge in [-0.1, -0.05) is 146 Å². The number of hydrogen-bond donors (Lipinski definition) is 0. The largest absolute Gasteiger partial charge is 0.456 e. The molecule has 0 aliphatic rings. The Morgan fingerprint density at radius 2 is 0.787 bits per heavy atom. The van der Waals surface area contributed by atoms with Crippen molar-refractivity contribution in [1.82, 2.24) is 0 Å². The molecule has 0 aliphatic carbocycles. The van der Waals surface area contributed by atoms with Crippen LogP contribution in [0.4, 0.5) is 0 Å². The smallest absolute Gasteiger partial charge is 0.136 e. The van der Waals surface area contributed by atoms with Crippen LogP contribution in [0.25, 0.3) is 98.8 Å². The number of fused-ring (bicyclic) bond motifs is 2. The molecular formula is C46H28O. The molecule has 1 aromatic heterocycles. The van der Waals surface area contributed by atoms with E-state index in [1.165, 1.54) is 87.6 Å². The standard InChI is InChI=1S/C46H28O/c1-2-11-29(12-3-1)30-23-25-31(26-24-30)43-35-16-4-6-18-37(35)44(38-19-7-5-17-36(38)43)33-14-8-13-32(27-33)40-28-34-15-9-21-41-45(34)46-39(40)20-10-22-42(46)47-41/h1-28H. The highest BCUT2D eigenvalue weighted by Crippen LogP contribution is 2.46. The molecule has 47 heavy (non-hydrogen) atoms. The van der Waals surface area contributed by atoms with Gasteiger partial charge in [0.15, 0.2) is 0 Å². The zero-order chi connectivity index (χ0) is 30.9. The average Bonchev–Trinajstić information content (AvgIpc) is 3.53. The molecule has 10 aromatic rings. The van der Waals surface area contributed by atoms with Gasteiger partial charge in [0.1, 0.15) is 11.2 Å². The Kier molecular flexibility index (Phi) is 5.64. The van der Waals surface area contributed by atoms with Crippen LogP contribution in [0, 0.1) is 0 Å². The summed E-state index contributed by atoms with van der Waals surface area (Å²) < 4.78 is 6.27. The topological polar surface area (TPSA) is 13.1 Å². The molecule has 0 saturated heterocycles. The molecule has 0 spiro atoms. The molecule has 10 rings (SSSR count). The fraction of sp³-hybridized carbons (Fsp3) is 0. The van der Waals surface area contributed by atoms with Crippen LogP contribution >= 0.6 is 0 Å². The van der Waals surface area contributed by atoms with E-state index >= 15 is 0 Å². The van der Waals surface area contributed by atoms with E-state index in [-0.39, 0.29) is 0 Å². The molecule has 0 aliphatic heterocycles. The number of rotatable bonds is 4. The van der Waals surface area contributed by atoms with Crippen LogP contribution < -0.4 is 0 Å². The average molecular weight is 597 g/mol. The number of hydrogen-bond acceptors (Lipinski definition) is 1. The van der Waals surface area contributed by atoms with Gasteiger partial charge in [-0.25, -0.2) is 0 Å². The molecule has 0 bridgehead atoms. The summed E-state index contributed by atoms with van der Waals surface area (Å²) in [5, 5.41) is 9.88. The second-order valence-electron chi connectivity index (χ2n) is 12.4. The first-order valence-electron chi connectivity index (χ1n) is 16.2. The molecule has 1 heteroatoms. The monoisotopic (exact) mass is 596 g/mol. The van der Waals surface area contributed by atoms with E-state index < -0.39 is 0 Å². The predicted molar refractivity (Wildman–Crippen MR) is 199 cm³/mol. The molecule has 0 fully saturated rings. The normalized spacial score (nSPS) is 11.8. The third-order valence-electron chi connectivity index (χ3n) is 9.82. The van der Waals surface area contributed by atoms with Crippen molar-refractivity contribution >= 4 is 54.3 Å². The molecule has 0 atom stereocenters. The molecule has 0 radical (unpaired) electrons. The Labute approximate surface area is 272 Å². The third kappa shape index (κ3) is 3.97. The summed E-state index contributed by atoms with van der Waals surface area (Å²) in [6, 6.07) is 61.6. The van der Waals surface area contributed by atoms with Crippen molar-refractivity contribution in [3.05, 3.63) is 170 Å². The Hall–Kier alpha value is -6.18. The first kappa shape index (κ1) is 26.1. The zero-order valence-electron chi connectivity index (χ0n) is 25.6. The van der Waals surface area contributed by atoms with Crippen molar-refractivity contribution in [2.24, 2.45) is 0 Å². The fourth-order valence-corrected chi connectivity index (χ4v) is 7.76. The molecular weight excluding hydrogens is 569 g/mol. The van der Waals surface area contributed by atoms with Crippen LogP contribution in [0.2, 0.25) is 0 Å². The van der Waals surface area contributed by atoms with Crippen molar-refractivity contribution in [3.63, 3.8) is 0 Å². The molecule has 1 heterocycles. The first-order valence-corrected chi connectivity index (χ1v) is 16.2. The summed E-state index contributed by atoms with van der Waals surface area (Å²) >= 11 is 0. The van der Waals surface area contributed by atoms with E-state index in [4.69, 9.17) is 4.42 Å². The molecule has 0 unspecified atom stereocenters. The third-order valence-corrected chi connectivity index (χ3v) is 9.82. The van der Waals surface area contributed by atoms with Gasteiger partial charge < -0.3 is 4.42 Å². The van der Waals surface area contributed by atoms with Crippen LogP contribution in [-0.2, 0) is 0 Å². The Balaban J connectivity index is 1.20. The van der Waals surface area contributed by atoms with Gasteiger partial charge >= 0.3 is 0 Å². The zero-order valence-corrected chi connectivity index (χ0v) is 25.6. The molecule has 9 aromatic carbocycles. The lowest BCUT2D eigenvalue weighted by molar-refractivity contribution is 0.669. The van der Waals surface area contributed by atoms with Gasteiger partial charge in [0.05, 0.1) is 0 Å². The summed E-state index contributed by atoms with van der Waals surface area (Å²) in [7, 11) is 0. The molecule has 218 valence electrons. The summed E-state index contributed by atoms with van der Waals surface area (Å²) in [4.78, 5) is 0. The van der Waals surface area contributed by atoms with Crippen molar-refractivity contribution in [2.75, 3.05) is 0 Å². The summed E-state index contributed by atoms with van der Waals surface area (Å²) in [5.74, 6) is 0. The summed E-state index contributed by atoms with van der Waals surface area (Å²) in [6.07, 6.45) is 0. The highest BCUT2D eigenvalue weighted by Gasteiger charge is 2.19. The minimum absolute atomic E-state index is 0.941. The van der Waals surface area contributed by atoms with Crippen LogP contribution in [0.3, 0.4) is 0 Å².